The van der Waals surface area contributed by atoms with Crippen LogP contribution in [0.2, 0.25) is 0 Å². The van der Waals surface area contributed by atoms with Gasteiger partial charge in [-0.15, -0.1) is 0 Å². The summed E-state index contributed by atoms with van der Waals surface area (Å²) in [5, 5.41) is 2.90. The molecule has 0 aliphatic heterocycles. The quantitative estimate of drug-likeness (QED) is 0.820. The molecular formula is C13H21BrN2O2S. The third-order valence-electron chi connectivity index (χ3n) is 3.12. The Morgan fingerprint density at radius 3 is 2.63 bits per heavy atom. The Kier molecular flexibility index (Phi) is 6.42. The first-order chi connectivity index (χ1) is 8.84. The van der Waals surface area contributed by atoms with Gasteiger partial charge in [0.1, 0.15) is 0 Å². The van der Waals surface area contributed by atoms with Crippen molar-refractivity contribution in [2.45, 2.75) is 38.0 Å². The third-order valence-corrected chi connectivity index (χ3v) is 5.23. The molecule has 0 aliphatic rings. The van der Waals surface area contributed by atoms with Crippen LogP contribution >= 0.6 is 15.9 Å². The molecule has 0 aromatic carbocycles. The lowest BCUT2D eigenvalue weighted by molar-refractivity contribution is 0.481. The maximum atomic E-state index is 11.7. The van der Waals surface area contributed by atoms with E-state index in [4.69, 9.17) is 0 Å². The topological polar surface area (TPSA) is 59.1 Å². The maximum Gasteiger partial charge on any atom is 0.151 e. The second-order valence-electron chi connectivity index (χ2n) is 4.81. The number of rotatable bonds is 7. The zero-order valence-electron chi connectivity index (χ0n) is 11.6. The highest BCUT2D eigenvalue weighted by molar-refractivity contribution is 9.10. The van der Waals surface area contributed by atoms with Crippen molar-refractivity contribution < 1.29 is 8.42 Å². The number of pyridine rings is 1. The molecule has 1 heterocycles. The first kappa shape index (κ1) is 16.6. The zero-order valence-corrected chi connectivity index (χ0v) is 14.0. The second-order valence-corrected chi connectivity index (χ2v) is 8.13. The van der Waals surface area contributed by atoms with Crippen LogP contribution in [-0.4, -0.2) is 37.5 Å². The van der Waals surface area contributed by atoms with Gasteiger partial charge in [-0.2, -0.15) is 0 Å². The molecule has 0 saturated heterocycles. The summed E-state index contributed by atoms with van der Waals surface area (Å²) in [5.74, 6) is 0. The molecule has 0 bridgehead atoms. The Bertz CT molecular complexity index is 505. The Balaban J connectivity index is 2.85. The summed E-state index contributed by atoms with van der Waals surface area (Å²) in [7, 11) is -3.06. The number of hydrogen-bond donors (Lipinski definition) is 1. The predicted octanol–water partition coefficient (Wildman–Crippen LogP) is 2.19. The van der Waals surface area contributed by atoms with E-state index in [0.29, 0.717) is 6.42 Å². The fraction of sp³-hybridized carbons (Fsp3) is 0.615. The van der Waals surface area contributed by atoms with E-state index in [1.165, 1.54) is 6.26 Å². The Labute approximate surface area is 124 Å². The van der Waals surface area contributed by atoms with Gasteiger partial charge in [-0.25, -0.2) is 8.42 Å². The van der Waals surface area contributed by atoms with E-state index in [0.717, 1.165) is 23.0 Å². The van der Waals surface area contributed by atoms with Crippen molar-refractivity contribution in [3.8, 4) is 0 Å². The second kappa shape index (κ2) is 7.36. The van der Waals surface area contributed by atoms with Gasteiger partial charge < -0.3 is 5.32 Å². The molecule has 1 aromatic rings. The molecule has 4 nitrogen and oxygen atoms in total. The number of aromatic nitrogens is 1. The first-order valence-electron chi connectivity index (χ1n) is 6.36. The first-order valence-corrected chi connectivity index (χ1v) is 9.11. The molecule has 0 aliphatic carbocycles. The van der Waals surface area contributed by atoms with Crippen LogP contribution < -0.4 is 5.32 Å². The van der Waals surface area contributed by atoms with E-state index < -0.39 is 15.1 Å². The van der Waals surface area contributed by atoms with Gasteiger partial charge >= 0.3 is 0 Å². The van der Waals surface area contributed by atoms with E-state index in [9.17, 15) is 8.42 Å². The van der Waals surface area contributed by atoms with Gasteiger partial charge in [0.05, 0.1) is 5.25 Å². The number of nitrogens with one attached hydrogen (secondary N) is 1. The van der Waals surface area contributed by atoms with E-state index in [2.05, 4.69) is 33.2 Å². The normalized spacial score (nSPS) is 15.2. The molecule has 2 unspecified atom stereocenters. The summed E-state index contributed by atoms with van der Waals surface area (Å²) >= 11 is 3.38. The van der Waals surface area contributed by atoms with E-state index in [1.807, 2.05) is 6.07 Å². The lowest BCUT2D eigenvalue weighted by atomic mass is 10.1. The van der Waals surface area contributed by atoms with E-state index in [1.54, 1.807) is 19.3 Å². The average Bonchev–Trinajstić information content (AvgIpc) is 2.32. The van der Waals surface area contributed by atoms with Gasteiger partial charge in [0, 0.05) is 29.2 Å². The molecule has 1 N–H and O–H groups in total. The van der Waals surface area contributed by atoms with Crippen molar-refractivity contribution >= 4 is 25.8 Å². The van der Waals surface area contributed by atoms with Crippen molar-refractivity contribution in [2.75, 3.05) is 12.8 Å². The number of halogens is 1. The van der Waals surface area contributed by atoms with E-state index in [-0.39, 0.29) is 6.04 Å². The summed E-state index contributed by atoms with van der Waals surface area (Å²) < 4.78 is 24.4. The third kappa shape index (κ3) is 5.58. The van der Waals surface area contributed by atoms with Crippen LogP contribution in [0.5, 0.6) is 0 Å². The molecule has 0 saturated carbocycles. The van der Waals surface area contributed by atoms with Gasteiger partial charge in [0.15, 0.2) is 9.84 Å². The van der Waals surface area contributed by atoms with Crippen molar-refractivity contribution in [1.29, 1.82) is 0 Å². The number of nitrogens with zero attached hydrogens (tertiary/aromatic N) is 1. The molecule has 2 atom stereocenters. The predicted molar refractivity (Wildman–Crippen MR) is 82.0 cm³/mol. The van der Waals surface area contributed by atoms with Crippen molar-refractivity contribution in [2.24, 2.45) is 0 Å². The van der Waals surface area contributed by atoms with Crippen LogP contribution in [0.1, 0.15) is 25.8 Å². The molecule has 19 heavy (non-hydrogen) atoms. The monoisotopic (exact) mass is 348 g/mol. The van der Waals surface area contributed by atoms with Gasteiger partial charge in [-0.05, 0) is 53.9 Å². The zero-order chi connectivity index (χ0) is 14.5. The molecule has 1 rings (SSSR count). The largest absolute Gasteiger partial charge is 0.312 e. The smallest absolute Gasteiger partial charge is 0.151 e. The highest BCUT2D eigenvalue weighted by Crippen LogP contribution is 2.15. The fourth-order valence-corrected chi connectivity index (χ4v) is 3.06. The summed E-state index contributed by atoms with van der Waals surface area (Å²) in [6.45, 7) is 4.63. The molecule has 0 fully saturated rings. The lowest BCUT2D eigenvalue weighted by Crippen LogP contribution is -2.44. The number of hydrogen-bond acceptors (Lipinski definition) is 4. The molecule has 1 aromatic heterocycles. The molecule has 0 amide bonds. The lowest BCUT2D eigenvalue weighted by Gasteiger charge is -2.24. The molecule has 0 radical (unpaired) electrons. The SMILES string of the molecule is CCCNC(Cc1cncc(Br)c1)C(C)S(C)(=O)=O. The number of sulfone groups is 1. The molecular weight excluding hydrogens is 328 g/mol. The Morgan fingerprint density at radius 2 is 2.11 bits per heavy atom. The highest BCUT2D eigenvalue weighted by atomic mass is 79.9. The van der Waals surface area contributed by atoms with Crippen LogP contribution in [0.3, 0.4) is 0 Å². The van der Waals surface area contributed by atoms with Gasteiger partial charge in [0.25, 0.3) is 0 Å². The molecule has 108 valence electrons. The van der Waals surface area contributed by atoms with Gasteiger partial charge in [0.2, 0.25) is 0 Å². The minimum atomic E-state index is -3.06. The summed E-state index contributed by atoms with van der Waals surface area (Å²) in [5.41, 5.74) is 1.03. The molecule has 0 spiro atoms. The minimum absolute atomic E-state index is 0.0916. The van der Waals surface area contributed by atoms with Crippen LogP contribution in [-0.2, 0) is 16.3 Å². The van der Waals surface area contributed by atoms with E-state index >= 15 is 0 Å². The fourth-order valence-electron chi connectivity index (χ4n) is 1.85. The maximum absolute atomic E-state index is 11.7. The van der Waals surface area contributed by atoms with Crippen molar-refractivity contribution in [1.82, 2.24) is 10.3 Å². The van der Waals surface area contributed by atoms with Crippen LogP contribution in [0, 0.1) is 0 Å². The standard InChI is InChI=1S/C13H21BrN2O2S/c1-4-5-16-13(10(2)19(3,17)18)7-11-6-12(14)9-15-8-11/h6,8-10,13,16H,4-5,7H2,1-3H3. The average molecular weight is 349 g/mol. The van der Waals surface area contributed by atoms with Crippen molar-refractivity contribution in [3.05, 3.63) is 28.5 Å². The van der Waals surface area contributed by atoms with Gasteiger partial charge in [-0.3, -0.25) is 4.98 Å². The summed E-state index contributed by atoms with van der Waals surface area (Å²) in [4.78, 5) is 4.11. The highest BCUT2D eigenvalue weighted by Gasteiger charge is 2.25. The molecule has 6 heteroatoms. The van der Waals surface area contributed by atoms with Crippen LogP contribution in [0.25, 0.3) is 0 Å². The van der Waals surface area contributed by atoms with Crippen LogP contribution in [0.15, 0.2) is 22.9 Å². The summed E-state index contributed by atoms with van der Waals surface area (Å²) in [6.07, 6.45) is 6.42. The minimum Gasteiger partial charge on any atom is -0.312 e. The van der Waals surface area contributed by atoms with Crippen molar-refractivity contribution in [3.63, 3.8) is 0 Å². The Morgan fingerprint density at radius 1 is 1.42 bits per heavy atom. The summed E-state index contributed by atoms with van der Waals surface area (Å²) in [6, 6.07) is 1.88. The van der Waals surface area contributed by atoms with Crippen LogP contribution in [0.4, 0.5) is 0 Å². The Hall–Kier alpha value is -0.460. The van der Waals surface area contributed by atoms with Gasteiger partial charge in [-0.1, -0.05) is 6.92 Å².